The quantitative estimate of drug-likeness (QED) is 0.362. The van der Waals surface area contributed by atoms with Crippen molar-refractivity contribution in [1.82, 2.24) is 14.9 Å². The number of likely N-dealkylation sites (tertiary alicyclic amines) is 1. The van der Waals surface area contributed by atoms with E-state index >= 15 is 0 Å². The largest absolute Gasteiger partial charge is 0.338 e. The molecule has 0 spiro atoms. The van der Waals surface area contributed by atoms with Crippen molar-refractivity contribution in [1.29, 1.82) is 0 Å². The van der Waals surface area contributed by atoms with Gasteiger partial charge in [0.2, 0.25) is 0 Å². The van der Waals surface area contributed by atoms with Crippen LogP contribution >= 0.6 is 15.9 Å². The SMILES string of the molecule is Fc1ccc2[nH]c(C(=C3CCN(Cc4ccccc4)CC3)c3ccc(Br)cc3)nc2c1. The van der Waals surface area contributed by atoms with Crippen molar-refractivity contribution in [3.8, 4) is 0 Å². The molecular weight excluding hydrogens is 453 g/mol. The zero-order valence-electron chi connectivity index (χ0n) is 17.1. The lowest BCUT2D eigenvalue weighted by atomic mass is 9.92. The van der Waals surface area contributed by atoms with E-state index in [9.17, 15) is 4.39 Å². The Bertz CT molecular complexity index is 1220. The van der Waals surface area contributed by atoms with Crippen LogP contribution in [0.5, 0.6) is 0 Å². The predicted molar refractivity (Wildman–Crippen MR) is 127 cm³/mol. The minimum absolute atomic E-state index is 0.266. The van der Waals surface area contributed by atoms with Crippen LogP contribution in [0.25, 0.3) is 16.6 Å². The molecule has 0 radical (unpaired) electrons. The molecule has 0 saturated carbocycles. The average molecular weight is 476 g/mol. The van der Waals surface area contributed by atoms with E-state index in [0.29, 0.717) is 5.52 Å². The summed E-state index contributed by atoms with van der Waals surface area (Å²) in [5.41, 5.74) is 6.53. The summed E-state index contributed by atoms with van der Waals surface area (Å²) in [6.45, 7) is 3.00. The normalized spacial score (nSPS) is 14.8. The van der Waals surface area contributed by atoms with Gasteiger partial charge in [-0.1, -0.05) is 64.0 Å². The highest BCUT2D eigenvalue weighted by Gasteiger charge is 2.21. The highest BCUT2D eigenvalue weighted by molar-refractivity contribution is 9.10. The first kappa shape index (κ1) is 20.2. The maximum atomic E-state index is 13.7. The topological polar surface area (TPSA) is 31.9 Å². The third kappa shape index (κ3) is 4.48. The van der Waals surface area contributed by atoms with Crippen LogP contribution in [0.1, 0.15) is 29.8 Å². The molecular formula is C26H23BrFN3. The summed E-state index contributed by atoms with van der Waals surface area (Å²) >= 11 is 3.53. The molecule has 1 aromatic heterocycles. The molecule has 5 rings (SSSR count). The predicted octanol–water partition coefficient (Wildman–Crippen LogP) is 6.56. The third-order valence-electron chi connectivity index (χ3n) is 5.88. The number of piperidine rings is 1. The summed E-state index contributed by atoms with van der Waals surface area (Å²) in [5, 5.41) is 0. The van der Waals surface area contributed by atoms with E-state index in [1.165, 1.54) is 23.3 Å². The van der Waals surface area contributed by atoms with Crippen molar-refractivity contribution in [2.75, 3.05) is 13.1 Å². The molecule has 2 heterocycles. The molecule has 0 atom stereocenters. The van der Waals surface area contributed by atoms with Crippen molar-refractivity contribution >= 4 is 32.5 Å². The molecule has 1 N–H and O–H groups in total. The minimum Gasteiger partial charge on any atom is -0.338 e. The molecule has 0 amide bonds. The van der Waals surface area contributed by atoms with Crippen molar-refractivity contribution in [3.05, 3.63) is 106 Å². The fraction of sp³-hybridized carbons (Fsp3) is 0.192. The Balaban J connectivity index is 1.48. The van der Waals surface area contributed by atoms with E-state index in [-0.39, 0.29) is 5.82 Å². The van der Waals surface area contributed by atoms with E-state index in [4.69, 9.17) is 4.98 Å². The van der Waals surface area contributed by atoms with Crippen molar-refractivity contribution in [3.63, 3.8) is 0 Å². The number of rotatable bonds is 4. The summed E-state index contributed by atoms with van der Waals surface area (Å²) in [6, 6.07) is 23.7. The van der Waals surface area contributed by atoms with Gasteiger partial charge in [-0.2, -0.15) is 0 Å². The van der Waals surface area contributed by atoms with Crippen LogP contribution in [0.3, 0.4) is 0 Å². The zero-order valence-corrected chi connectivity index (χ0v) is 18.7. The molecule has 31 heavy (non-hydrogen) atoms. The Morgan fingerprint density at radius 3 is 2.45 bits per heavy atom. The lowest BCUT2D eigenvalue weighted by molar-refractivity contribution is 0.248. The second-order valence-corrected chi connectivity index (χ2v) is 8.91. The van der Waals surface area contributed by atoms with E-state index < -0.39 is 0 Å². The van der Waals surface area contributed by atoms with Crippen molar-refractivity contribution < 1.29 is 4.39 Å². The Hall–Kier alpha value is -2.76. The Kier molecular flexibility index (Phi) is 5.70. The molecule has 1 aliphatic heterocycles. The van der Waals surface area contributed by atoms with Crippen LogP contribution in [-0.4, -0.2) is 28.0 Å². The average Bonchev–Trinajstić information content (AvgIpc) is 3.20. The van der Waals surface area contributed by atoms with Crippen LogP contribution in [0, 0.1) is 5.82 Å². The van der Waals surface area contributed by atoms with Gasteiger partial charge in [0.25, 0.3) is 0 Å². The summed E-state index contributed by atoms with van der Waals surface area (Å²) in [5.74, 6) is 0.548. The van der Waals surface area contributed by atoms with Gasteiger partial charge in [0.05, 0.1) is 11.0 Å². The standard InChI is InChI=1S/C26H23BrFN3/c27-21-8-6-19(7-9-21)25(26-29-23-11-10-22(28)16-24(23)30-26)20-12-14-31(15-13-20)17-18-4-2-1-3-5-18/h1-11,16H,12-15,17H2,(H,29,30). The number of aromatic nitrogens is 2. The summed E-state index contributed by atoms with van der Waals surface area (Å²) in [4.78, 5) is 10.7. The highest BCUT2D eigenvalue weighted by Crippen LogP contribution is 2.33. The monoisotopic (exact) mass is 475 g/mol. The smallest absolute Gasteiger partial charge is 0.139 e. The Labute approximate surface area is 189 Å². The zero-order chi connectivity index (χ0) is 21.2. The van der Waals surface area contributed by atoms with E-state index in [2.05, 4.69) is 80.4 Å². The number of aromatic amines is 1. The first-order valence-electron chi connectivity index (χ1n) is 10.6. The molecule has 0 aliphatic carbocycles. The number of benzene rings is 3. The van der Waals surface area contributed by atoms with Gasteiger partial charge in [0, 0.05) is 35.7 Å². The molecule has 5 heteroatoms. The van der Waals surface area contributed by atoms with Crippen LogP contribution < -0.4 is 0 Å². The number of nitrogens with zero attached hydrogens (tertiary/aromatic N) is 2. The van der Waals surface area contributed by atoms with Crippen LogP contribution in [0.15, 0.2) is 82.8 Å². The lowest BCUT2D eigenvalue weighted by Gasteiger charge is -2.29. The Morgan fingerprint density at radius 1 is 0.968 bits per heavy atom. The van der Waals surface area contributed by atoms with Gasteiger partial charge < -0.3 is 4.98 Å². The van der Waals surface area contributed by atoms with Crippen molar-refractivity contribution in [2.45, 2.75) is 19.4 Å². The molecule has 1 fully saturated rings. The van der Waals surface area contributed by atoms with Crippen LogP contribution in [0.2, 0.25) is 0 Å². The van der Waals surface area contributed by atoms with Gasteiger partial charge in [-0.25, -0.2) is 9.37 Å². The summed E-state index contributed by atoms with van der Waals surface area (Å²) in [6.07, 6.45) is 1.98. The number of halogens is 2. The first-order chi connectivity index (χ1) is 15.2. The number of fused-ring (bicyclic) bond motifs is 1. The van der Waals surface area contributed by atoms with Crippen LogP contribution in [-0.2, 0) is 6.54 Å². The highest BCUT2D eigenvalue weighted by atomic mass is 79.9. The fourth-order valence-electron chi connectivity index (χ4n) is 4.29. The van der Waals surface area contributed by atoms with Crippen molar-refractivity contribution in [2.24, 2.45) is 0 Å². The molecule has 3 aromatic carbocycles. The molecule has 1 aliphatic rings. The molecule has 3 nitrogen and oxygen atoms in total. The molecule has 1 saturated heterocycles. The number of nitrogens with one attached hydrogen (secondary N) is 1. The van der Waals surface area contributed by atoms with Gasteiger partial charge in [0.1, 0.15) is 11.6 Å². The maximum absolute atomic E-state index is 13.7. The molecule has 4 aromatic rings. The first-order valence-corrected chi connectivity index (χ1v) is 11.3. The number of imidazole rings is 1. The number of hydrogen-bond acceptors (Lipinski definition) is 2. The van der Waals surface area contributed by atoms with Crippen LogP contribution in [0.4, 0.5) is 4.39 Å². The third-order valence-corrected chi connectivity index (χ3v) is 6.41. The maximum Gasteiger partial charge on any atom is 0.139 e. The molecule has 156 valence electrons. The van der Waals surface area contributed by atoms with Gasteiger partial charge >= 0.3 is 0 Å². The van der Waals surface area contributed by atoms with Gasteiger partial charge in [-0.05, 0) is 48.2 Å². The van der Waals surface area contributed by atoms with Gasteiger partial charge in [0.15, 0.2) is 0 Å². The molecule has 0 bridgehead atoms. The van der Waals surface area contributed by atoms with E-state index in [1.807, 2.05) is 0 Å². The second-order valence-electron chi connectivity index (χ2n) is 7.99. The second kappa shape index (κ2) is 8.77. The number of H-pyrrole nitrogens is 1. The van der Waals surface area contributed by atoms with Gasteiger partial charge in [-0.3, -0.25) is 4.90 Å². The van der Waals surface area contributed by atoms with E-state index in [0.717, 1.165) is 59.4 Å². The Morgan fingerprint density at radius 2 is 1.71 bits per heavy atom. The lowest BCUT2D eigenvalue weighted by Crippen LogP contribution is -2.30. The summed E-state index contributed by atoms with van der Waals surface area (Å²) in [7, 11) is 0. The fourth-order valence-corrected chi connectivity index (χ4v) is 4.56. The molecule has 0 unspecified atom stereocenters. The van der Waals surface area contributed by atoms with E-state index in [1.54, 1.807) is 6.07 Å². The minimum atomic E-state index is -0.266. The number of hydrogen-bond donors (Lipinski definition) is 1. The summed E-state index contributed by atoms with van der Waals surface area (Å²) < 4.78 is 14.8. The van der Waals surface area contributed by atoms with Gasteiger partial charge in [-0.15, -0.1) is 0 Å².